The number of nitrogens with one attached hydrogen (secondary N) is 2. The Labute approximate surface area is 153 Å². The van der Waals surface area contributed by atoms with E-state index in [2.05, 4.69) is 26.6 Å². The van der Waals surface area contributed by atoms with E-state index in [-0.39, 0.29) is 11.7 Å². The summed E-state index contributed by atoms with van der Waals surface area (Å²) in [6.45, 7) is 3.84. The third-order valence-electron chi connectivity index (χ3n) is 4.07. The molecule has 3 rings (SSSR count). The molecule has 1 unspecified atom stereocenters. The number of allylic oxidation sites excluding steroid dienone is 1. The lowest BCUT2D eigenvalue weighted by Crippen LogP contribution is -2.49. The number of thiocarbonyl (C=S) groups is 1. The maximum Gasteiger partial charge on any atom is 0.254 e. The van der Waals surface area contributed by atoms with Crippen molar-refractivity contribution in [3.8, 4) is 0 Å². The maximum atomic E-state index is 14.4. The Morgan fingerprint density at radius 3 is 2.83 bits per heavy atom. The Kier molecular flexibility index (Phi) is 5.17. The van der Waals surface area contributed by atoms with Gasteiger partial charge in [-0.25, -0.2) is 4.39 Å². The first kappa shape index (κ1) is 17.3. The molecule has 1 saturated heterocycles. The SMILES string of the molecule is CC1=C(C(=O)N2CCOCC2)C(c2cc(Br)ccc2F)NC(=S)N1. The average Bonchev–Trinajstić information content (AvgIpc) is 2.56. The third-order valence-corrected chi connectivity index (χ3v) is 4.78. The molecule has 24 heavy (non-hydrogen) atoms. The molecule has 0 bridgehead atoms. The maximum absolute atomic E-state index is 14.4. The Morgan fingerprint density at radius 1 is 1.42 bits per heavy atom. The van der Waals surface area contributed by atoms with Crippen LogP contribution in [0.3, 0.4) is 0 Å². The van der Waals surface area contributed by atoms with Crippen LogP contribution < -0.4 is 10.6 Å². The topological polar surface area (TPSA) is 53.6 Å². The fourth-order valence-electron chi connectivity index (χ4n) is 2.88. The van der Waals surface area contributed by atoms with Gasteiger partial charge >= 0.3 is 0 Å². The first-order valence-corrected chi connectivity index (χ1v) is 8.77. The zero-order valence-corrected chi connectivity index (χ0v) is 15.5. The number of amides is 1. The number of hydrogen-bond acceptors (Lipinski definition) is 3. The van der Waals surface area contributed by atoms with E-state index in [1.54, 1.807) is 24.0 Å². The normalized spacial score (nSPS) is 21.4. The highest BCUT2D eigenvalue weighted by Gasteiger charge is 2.34. The molecule has 1 aromatic carbocycles. The van der Waals surface area contributed by atoms with E-state index >= 15 is 0 Å². The predicted octanol–water partition coefficient (Wildman–Crippen LogP) is 2.24. The molecule has 2 heterocycles. The minimum Gasteiger partial charge on any atom is -0.378 e. The second-order valence-corrected chi connectivity index (χ2v) is 6.96. The average molecular weight is 414 g/mol. The minimum absolute atomic E-state index is 0.136. The number of nitrogens with zero attached hydrogens (tertiary/aromatic N) is 1. The van der Waals surface area contributed by atoms with Crippen molar-refractivity contribution in [1.82, 2.24) is 15.5 Å². The van der Waals surface area contributed by atoms with Gasteiger partial charge in [0.2, 0.25) is 0 Å². The number of morpholine rings is 1. The molecule has 0 spiro atoms. The molecule has 2 aliphatic heterocycles. The smallest absolute Gasteiger partial charge is 0.254 e. The van der Waals surface area contributed by atoms with Gasteiger partial charge in [0.25, 0.3) is 5.91 Å². The van der Waals surface area contributed by atoms with E-state index in [9.17, 15) is 9.18 Å². The molecule has 8 heteroatoms. The van der Waals surface area contributed by atoms with Crippen molar-refractivity contribution in [2.45, 2.75) is 13.0 Å². The van der Waals surface area contributed by atoms with Gasteiger partial charge in [-0.1, -0.05) is 15.9 Å². The van der Waals surface area contributed by atoms with Gasteiger partial charge in [0.1, 0.15) is 5.82 Å². The second kappa shape index (κ2) is 7.16. The summed E-state index contributed by atoms with van der Waals surface area (Å²) in [4.78, 5) is 14.7. The van der Waals surface area contributed by atoms with Crippen LogP contribution in [0, 0.1) is 5.82 Å². The van der Waals surface area contributed by atoms with Crippen molar-refractivity contribution >= 4 is 39.2 Å². The van der Waals surface area contributed by atoms with Crippen LogP contribution in [0.15, 0.2) is 33.9 Å². The Balaban J connectivity index is 2.01. The minimum atomic E-state index is -0.633. The third kappa shape index (κ3) is 3.45. The van der Waals surface area contributed by atoms with Gasteiger partial charge in [0, 0.05) is 28.8 Å². The molecule has 1 amide bonds. The van der Waals surface area contributed by atoms with E-state index in [1.165, 1.54) is 6.07 Å². The zero-order chi connectivity index (χ0) is 17.3. The molecule has 2 N–H and O–H groups in total. The highest BCUT2D eigenvalue weighted by Crippen LogP contribution is 2.31. The standard InChI is InChI=1S/C16H17BrFN3O2S/c1-9-13(15(22)21-4-6-23-7-5-21)14(20-16(24)19-9)11-8-10(17)2-3-12(11)18/h2-3,8,14H,4-7H2,1H3,(H2,19,20,24). The lowest BCUT2D eigenvalue weighted by Gasteiger charge is -2.35. The highest BCUT2D eigenvalue weighted by atomic mass is 79.9. The molecule has 0 aromatic heterocycles. The van der Waals surface area contributed by atoms with E-state index in [0.29, 0.717) is 48.2 Å². The fourth-order valence-corrected chi connectivity index (χ4v) is 3.53. The van der Waals surface area contributed by atoms with Gasteiger partial charge in [0.15, 0.2) is 5.11 Å². The molecule has 5 nitrogen and oxygen atoms in total. The van der Waals surface area contributed by atoms with Crippen molar-refractivity contribution in [3.05, 3.63) is 45.3 Å². The summed E-state index contributed by atoms with van der Waals surface area (Å²) in [6, 6.07) is 4.03. The molecule has 0 radical (unpaired) electrons. The van der Waals surface area contributed by atoms with Crippen LogP contribution in [0.25, 0.3) is 0 Å². The van der Waals surface area contributed by atoms with Crippen LogP contribution in [0.5, 0.6) is 0 Å². The molecule has 0 aliphatic carbocycles. The van der Waals surface area contributed by atoms with Crippen molar-refractivity contribution in [2.24, 2.45) is 0 Å². The second-order valence-electron chi connectivity index (χ2n) is 5.64. The van der Waals surface area contributed by atoms with E-state index in [0.717, 1.165) is 4.47 Å². The fraction of sp³-hybridized carbons (Fsp3) is 0.375. The van der Waals surface area contributed by atoms with E-state index < -0.39 is 6.04 Å². The van der Waals surface area contributed by atoms with Gasteiger partial charge in [-0.3, -0.25) is 4.79 Å². The predicted molar refractivity (Wildman–Crippen MR) is 95.8 cm³/mol. The Bertz CT molecular complexity index is 719. The lowest BCUT2D eigenvalue weighted by atomic mass is 9.94. The van der Waals surface area contributed by atoms with Crippen LogP contribution in [-0.4, -0.2) is 42.2 Å². The van der Waals surface area contributed by atoms with E-state index in [4.69, 9.17) is 17.0 Å². The summed E-state index contributed by atoms with van der Waals surface area (Å²) in [5.41, 5.74) is 1.49. The van der Waals surface area contributed by atoms with Gasteiger partial charge in [-0.15, -0.1) is 0 Å². The van der Waals surface area contributed by atoms with Crippen LogP contribution in [0.1, 0.15) is 18.5 Å². The molecule has 2 aliphatic rings. The molecular weight excluding hydrogens is 397 g/mol. The van der Waals surface area contributed by atoms with Crippen LogP contribution in [0.2, 0.25) is 0 Å². The molecule has 1 fully saturated rings. The number of ether oxygens (including phenoxy) is 1. The summed E-state index contributed by atoms with van der Waals surface area (Å²) >= 11 is 8.55. The van der Waals surface area contributed by atoms with Gasteiger partial charge in [-0.2, -0.15) is 0 Å². The Morgan fingerprint density at radius 2 is 2.12 bits per heavy atom. The summed E-state index contributed by atoms with van der Waals surface area (Å²) in [7, 11) is 0. The number of rotatable bonds is 2. The summed E-state index contributed by atoms with van der Waals surface area (Å²) < 4.78 is 20.4. The van der Waals surface area contributed by atoms with Crippen molar-refractivity contribution in [2.75, 3.05) is 26.3 Å². The van der Waals surface area contributed by atoms with Crippen LogP contribution in [-0.2, 0) is 9.53 Å². The van der Waals surface area contributed by atoms with E-state index in [1.807, 2.05) is 0 Å². The van der Waals surface area contributed by atoms with Crippen LogP contribution >= 0.6 is 28.1 Å². The van der Waals surface area contributed by atoms with Crippen molar-refractivity contribution < 1.29 is 13.9 Å². The summed E-state index contributed by atoms with van der Waals surface area (Å²) in [6.07, 6.45) is 0. The van der Waals surface area contributed by atoms with Gasteiger partial charge in [0.05, 0.1) is 24.8 Å². The number of carbonyl (C=O) groups is 1. The largest absolute Gasteiger partial charge is 0.378 e. The van der Waals surface area contributed by atoms with Gasteiger partial charge in [-0.05, 0) is 37.3 Å². The van der Waals surface area contributed by atoms with Crippen molar-refractivity contribution in [1.29, 1.82) is 0 Å². The first-order chi connectivity index (χ1) is 11.5. The number of halogens is 2. The quantitative estimate of drug-likeness (QED) is 0.728. The monoisotopic (exact) mass is 413 g/mol. The number of hydrogen-bond donors (Lipinski definition) is 2. The van der Waals surface area contributed by atoms with Crippen LogP contribution in [0.4, 0.5) is 4.39 Å². The zero-order valence-electron chi connectivity index (χ0n) is 13.1. The molecular formula is C16H17BrFN3O2S. The number of carbonyl (C=O) groups excluding carboxylic acids is 1. The summed E-state index contributed by atoms with van der Waals surface area (Å²) in [5.74, 6) is -0.525. The molecule has 0 saturated carbocycles. The first-order valence-electron chi connectivity index (χ1n) is 7.57. The molecule has 1 aromatic rings. The van der Waals surface area contributed by atoms with Crippen molar-refractivity contribution in [3.63, 3.8) is 0 Å². The Hall–Kier alpha value is -1.51. The summed E-state index contributed by atoms with van der Waals surface area (Å²) in [5, 5.41) is 6.36. The molecule has 128 valence electrons. The van der Waals surface area contributed by atoms with Gasteiger partial charge < -0.3 is 20.3 Å². The highest BCUT2D eigenvalue weighted by molar-refractivity contribution is 9.10. The lowest BCUT2D eigenvalue weighted by molar-refractivity contribution is -0.131. The molecule has 1 atom stereocenters. The number of benzene rings is 1.